The molecule has 34 heavy (non-hydrogen) atoms. The molecule has 180 valence electrons. The molecule has 0 aliphatic carbocycles. The summed E-state index contributed by atoms with van der Waals surface area (Å²) in [6.07, 6.45) is 1.21. The van der Waals surface area contributed by atoms with Crippen molar-refractivity contribution in [3.8, 4) is 17.4 Å². The van der Waals surface area contributed by atoms with E-state index in [1.165, 1.54) is 32.4 Å². The molecule has 0 saturated heterocycles. The van der Waals surface area contributed by atoms with Crippen molar-refractivity contribution in [3.05, 3.63) is 47.1 Å². The number of aryl methyl sites for hydroxylation is 1. The molecule has 0 radical (unpaired) electrons. The van der Waals surface area contributed by atoms with Gasteiger partial charge in [-0.15, -0.1) is 0 Å². The Morgan fingerprint density at radius 3 is 2.35 bits per heavy atom. The van der Waals surface area contributed by atoms with Crippen LogP contribution in [0, 0.1) is 0 Å². The highest BCUT2D eigenvalue weighted by Gasteiger charge is 2.47. The van der Waals surface area contributed by atoms with Gasteiger partial charge >= 0.3 is 11.2 Å². The van der Waals surface area contributed by atoms with Crippen LogP contribution in [0.25, 0.3) is 28.5 Å². The van der Waals surface area contributed by atoms with Gasteiger partial charge in [-0.2, -0.15) is 23.0 Å². The summed E-state index contributed by atoms with van der Waals surface area (Å²) in [5.41, 5.74) is -6.82. The fourth-order valence-corrected chi connectivity index (χ4v) is 4.75. The standard InChI is InChI=1S/C18H14F3N5O6S2/c1-3-33(28,29)13-6-7-14(26-17(27)25(2)9-22-26)24-15(13)16-23-11-8-10(4-5-12(11)32-16)34(30,31)18(19,20)21/h4-9H,3H2,1-2H3. The van der Waals surface area contributed by atoms with Gasteiger partial charge in [0.15, 0.2) is 21.2 Å². The first-order chi connectivity index (χ1) is 15.8. The molecule has 4 aromatic rings. The van der Waals surface area contributed by atoms with Gasteiger partial charge in [0, 0.05) is 7.05 Å². The number of hydrogen-bond acceptors (Lipinski definition) is 9. The Balaban J connectivity index is 1.95. The van der Waals surface area contributed by atoms with Gasteiger partial charge in [0.25, 0.3) is 9.84 Å². The van der Waals surface area contributed by atoms with Crippen LogP contribution < -0.4 is 5.69 Å². The van der Waals surface area contributed by atoms with Crippen LogP contribution >= 0.6 is 0 Å². The third kappa shape index (κ3) is 3.77. The summed E-state index contributed by atoms with van der Waals surface area (Å²) in [6, 6.07) is 4.74. The first kappa shape index (κ1) is 23.6. The fraction of sp³-hybridized carbons (Fsp3) is 0.222. The Morgan fingerprint density at radius 2 is 1.76 bits per heavy atom. The molecule has 0 atom stereocenters. The van der Waals surface area contributed by atoms with Gasteiger partial charge in [-0.1, -0.05) is 6.92 Å². The highest BCUT2D eigenvalue weighted by Crippen LogP contribution is 2.34. The van der Waals surface area contributed by atoms with Gasteiger partial charge in [-0.25, -0.2) is 31.6 Å². The molecule has 3 heterocycles. The van der Waals surface area contributed by atoms with Crippen LogP contribution in [0.5, 0.6) is 0 Å². The Bertz CT molecular complexity index is 1700. The highest BCUT2D eigenvalue weighted by atomic mass is 32.2. The zero-order valence-electron chi connectivity index (χ0n) is 17.3. The summed E-state index contributed by atoms with van der Waals surface area (Å²) in [4.78, 5) is 19.0. The van der Waals surface area contributed by atoms with Crippen LogP contribution in [0.4, 0.5) is 13.2 Å². The zero-order chi connectivity index (χ0) is 25.1. The summed E-state index contributed by atoms with van der Waals surface area (Å²) < 4.78 is 94.9. The van der Waals surface area contributed by atoms with Crippen LogP contribution in [0.1, 0.15) is 6.92 Å². The van der Waals surface area contributed by atoms with E-state index in [0.717, 1.165) is 15.3 Å². The van der Waals surface area contributed by atoms with Gasteiger partial charge in [0.1, 0.15) is 17.5 Å². The minimum absolute atomic E-state index is 0.0711. The van der Waals surface area contributed by atoms with E-state index in [1.54, 1.807) is 0 Å². The lowest BCUT2D eigenvalue weighted by molar-refractivity contribution is -0.0435. The van der Waals surface area contributed by atoms with Crippen LogP contribution in [-0.4, -0.2) is 52.4 Å². The summed E-state index contributed by atoms with van der Waals surface area (Å²) in [5, 5.41) is 3.87. The molecule has 11 nitrogen and oxygen atoms in total. The van der Waals surface area contributed by atoms with Crippen LogP contribution in [-0.2, 0) is 26.7 Å². The monoisotopic (exact) mass is 517 g/mol. The van der Waals surface area contributed by atoms with Gasteiger partial charge in [-0.3, -0.25) is 4.57 Å². The Kier molecular flexibility index (Phi) is 5.39. The number of rotatable bonds is 5. The molecule has 0 N–H and O–H groups in total. The first-order valence-electron chi connectivity index (χ1n) is 9.33. The lowest BCUT2D eigenvalue weighted by Gasteiger charge is -2.08. The predicted molar refractivity (Wildman–Crippen MR) is 111 cm³/mol. The van der Waals surface area contributed by atoms with Crippen molar-refractivity contribution in [1.82, 2.24) is 24.3 Å². The number of benzene rings is 1. The number of halogens is 3. The molecule has 0 unspecified atom stereocenters. The maximum absolute atomic E-state index is 12.9. The van der Waals surface area contributed by atoms with Crippen molar-refractivity contribution in [2.75, 3.05) is 5.75 Å². The molecule has 0 amide bonds. The first-order valence-corrected chi connectivity index (χ1v) is 12.5. The average molecular weight is 517 g/mol. The second kappa shape index (κ2) is 7.76. The molecule has 0 saturated carbocycles. The van der Waals surface area contributed by atoms with Crippen molar-refractivity contribution >= 4 is 30.8 Å². The number of fused-ring (bicyclic) bond motifs is 1. The number of aromatic nitrogens is 5. The maximum atomic E-state index is 12.9. The highest BCUT2D eigenvalue weighted by molar-refractivity contribution is 7.92. The lowest BCUT2D eigenvalue weighted by atomic mass is 10.3. The van der Waals surface area contributed by atoms with E-state index in [1.807, 2.05) is 0 Å². The molecule has 0 spiro atoms. The molecular formula is C18H14F3N5O6S2. The van der Waals surface area contributed by atoms with E-state index in [9.17, 15) is 34.8 Å². The quantitative estimate of drug-likeness (QED) is 0.387. The molecule has 16 heteroatoms. The summed E-state index contributed by atoms with van der Waals surface area (Å²) in [5.74, 6) is -0.800. The molecule has 0 bridgehead atoms. The molecule has 0 aliphatic heterocycles. The number of nitrogens with zero attached hydrogens (tertiary/aromatic N) is 5. The number of oxazole rings is 1. The van der Waals surface area contributed by atoms with Gasteiger partial charge < -0.3 is 4.42 Å². The molecule has 0 fully saturated rings. The van der Waals surface area contributed by atoms with Crippen molar-refractivity contribution in [1.29, 1.82) is 0 Å². The topological polar surface area (TPSA) is 147 Å². The number of alkyl halides is 3. The fourth-order valence-electron chi connectivity index (χ4n) is 2.96. The molecule has 4 rings (SSSR count). The second-order valence-electron chi connectivity index (χ2n) is 6.95. The van der Waals surface area contributed by atoms with Crippen molar-refractivity contribution in [3.63, 3.8) is 0 Å². The van der Waals surface area contributed by atoms with Crippen molar-refractivity contribution in [2.24, 2.45) is 7.05 Å². The lowest BCUT2D eigenvalue weighted by Crippen LogP contribution is -2.23. The Morgan fingerprint density at radius 1 is 1.06 bits per heavy atom. The summed E-state index contributed by atoms with van der Waals surface area (Å²) >= 11 is 0. The molecule has 0 aliphatic rings. The number of hydrogen-bond donors (Lipinski definition) is 0. The van der Waals surface area contributed by atoms with Crippen molar-refractivity contribution in [2.45, 2.75) is 22.2 Å². The van der Waals surface area contributed by atoms with Crippen LogP contribution in [0.3, 0.4) is 0 Å². The van der Waals surface area contributed by atoms with E-state index in [2.05, 4.69) is 15.1 Å². The minimum Gasteiger partial charge on any atom is -0.435 e. The Hall–Kier alpha value is -3.53. The largest absolute Gasteiger partial charge is 0.501 e. The maximum Gasteiger partial charge on any atom is 0.501 e. The number of sulfone groups is 2. The summed E-state index contributed by atoms with van der Waals surface area (Å²) in [6.45, 7) is 1.39. The average Bonchev–Trinajstić information content (AvgIpc) is 3.35. The van der Waals surface area contributed by atoms with Crippen molar-refractivity contribution < 1.29 is 34.4 Å². The summed E-state index contributed by atoms with van der Waals surface area (Å²) in [7, 11) is -8.09. The SMILES string of the molecule is CCS(=O)(=O)c1ccc(-n2ncn(C)c2=O)nc1-c1nc2cc(S(=O)(=O)C(F)(F)F)ccc2o1. The Labute approximate surface area is 189 Å². The van der Waals surface area contributed by atoms with E-state index in [-0.39, 0.29) is 33.3 Å². The van der Waals surface area contributed by atoms with E-state index >= 15 is 0 Å². The van der Waals surface area contributed by atoms with E-state index in [0.29, 0.717) is 12.1 Å². The smallest absolute Gasteiger partial charge is 0.435 e. The molecule has 3 aromatic heterocycles. The van der Waals surface area contributed by atoms with Gasteiger partial charge in [0.05, 0.1) is 15.5 Å². The minimum atomic E-state index is -5.65. The van der Waals surface area contributed by atoms with E-state index < -0.39 is 41.7 Å². The number of pyridine rings is 1. The predicted octanol–water partition coefficient (Wildman–Crippen LogP) is 1.86. The van der Waals surface area contributed by atoms with Gasteiger partial charge in [0.2, 0.25) is 5.89 Å². The van der Waals surface area contributed by atoms with Gasteiger partial charge in [-0.05, 0) is 30.3 Å². The van der Waals surface area contributed by atoms with E-state index in [4.69, 9.17) is 4.42 Å². The second-order valence-corrected chi connectivity index (χ2v) is 11.1. The normalized spacial score (nSPS) is 13.0. The third-order valence-corrected chi connectivity index (χ3v) is 8.02. The zero-order valence-corrected chi connectivity index (χ0v) is 18.9. The van der Waals surface area contributed by atoms with Crippen LogP contribution in [0.15, 0.2) is 55.7 Å². The van der Waals surface area contributed by atoms with Crippen LogP contribution in [0.2, 0.25) is 0 Å². The third-order valence-electron chi connectivity index (χ3n) is 4.78. The molecule has 1 aromatic carbocycles. The molecular weight excluding hydrogens is 503 g/mol.